The number of hydrogen-bond donors (Lipinski definition) is 2. The zero-order chi connectivity index (χ0) is 22.8. The highest BCUT2D eigenvalue weighted by Gasteiger charge is 2.37. The van der Waals surface area contributed by atoms with Crippen molar-refractivity contribution in [2.45, 2.75) is 45.3 Å². The van der Waals surface area contributed by atoms with E-state index >= 15 is 0 Å². The molecule has 0 spiro atoms. The standard InChI is InChI=1S/C25H26ClN3O3/c1-15-3-8-22(23(30)9-15)29-14-18-10-17(5-7-20(18)25(29)32)12-28-24(31)13-27-19-6-4-16(2)21(26)11-19/h4-7,10-11,22,27H,1,3,8-9,12-14H2,2H3,(H,28,31). The lowest BCUT2D eigenvalue weighted by Gasteiger charge is -2.30. The lowest BCUT2D eigenvalue weighted by Crippen LogP contribution is -2.43. The van der Waals surface area contributed by atoms with E-state index in [1.807, 2.05) is 31.2 Å². The summed E-state index contributed by atoms with van der Waals surface area (Å²) in [6.07, 6.45) is 1.76. The van der Waals surface area contributed by atoms with Gasteiger partial charge in [0.05, 0.1) is 12.6 Å². The van der Waals surface area contributed by atoms with Gasteiger partial charge in [0, 0.05) is 35.8 Å². The fraction of sp³-hybridized carbons (Fsp3) is 0.320. The molecule has 1 aliphatic heterocycles. The van der Waals surface area contributed by atoms with Crippen LogP contribution in [0.25, 0.3) is 0 Å². The van der Waals surface area contributed by atoms with E-state index in [-0.39, 0.29) is 30.2 Å². The molecule has 2 aromatic carbocycles. The molecule has 1 heterocycles. The van der Waals surface area contributed by atoms with Gasteiger partial charge in [-0.25, -0.2) is 0 Å². The largest absolute Gasteiger partial charge is 0.376 e. The number of carbonyl (C=O) groups excluding carboxylic acids is 3. The van der Waals surface area contributed by atoms with Gasteiger partial charge in [0.25, 0.3) is 5.91 Å². The highest BCUT2D eigenvalue weighted by atomic mass is 35.5. The molecule has 0 aromatic heterocycles. The van der Waals surface area contributed by atoms with Crippen molar-refractivity contribution in [1.82, 2.24) is 10.2 Å². The number of rotatable bonds is 6. The number of nitrogens with zero attached hydrogens (tertiary/aromatic N) is 1. The first kappa shape index (κ1) is 22.1. The zero-order valence-corrected chi connectivity index (χ0v) is 18.8. The minimum absolute atomic E-state index is 0.0669. The highest BCUT2D eigenvalue weighted by molar-refractivity contribution is 6.31. The second-order valence-electron chi connectivity index (χ2n) is 8.47. The number of amides is 2. The maximum atomic E-state index is 12.8. The third kappa shape index (κ3) is 4.70. The van der Waals surface area contributed by atoms with Crippen LogP contribution in [0.2, 0.25) is 5.02 Å². The first-order chi connectivity index (χ1) is 15.3. The summed E-state index contributed by atoms with van der Waals surface area (Å²) in [6.45, 7) is 6.74. The number of benzene rings is 2. The second kappa shape index (κ2) is 9.17. The Morgan fingerprint density at radius 1 is 1.22 bits per heavy atom. The average molecular weight is 452 g/mol. The molecule has 1 aliphatic carbocycles. The maximum absolute atomic E-state index is 12.8. The predicted octanol–water partition coefficient (Wildman–Crippen LogP) is 4.01. The molecular formula is C25H26ClN3O3. The third-order valence-corrected chi connectivity index (χ3v) is 6.47. The smallest absolute Gasteiger partial charge is 0.255 e. The van der Waals surface area contributed by atoms with Gasteiger partial charge in [0.2, 0.25) is 5.91 Å². The van der Waals surface area contributed by atoms with E-state index in [4.69, 9.17) is 11.6 Å². The molecule has 4 rings (SSSR count). The number of ketones is 1. The van der Waals surface area contributed by atoms with Crippen LogP contribution in [0.4, 0.5) is 5.69 Å². The van der Waals surface area contributed by atoms with Gasteiger partial charge in [-0.1, -0.05) is 42.0 Å². The third-order valence-electron chi connectivity index (χ3n) is 6.06. The molecule has 6 nitrogen and oxygen atoms in total. The van der Waals surface area contributed by atoms with Crippen LogP contribution in [0.15, 0.2) is 48.6 Å². The van der Waals surface area contributed by atoms with Crippen molar-refractivity contribution in [3.63, 3.8) is 0 Å². The summed E-state index contributed by atoms with van der Waals surface area (Å²) in [5, 5.41) is 6.60. The Hall–Kier alpha value is -3.12. The highest BCUT2D eigenvalue weighted by Crippen LogP contribution is 2.31. The fourth-order valence-electron chi connectivity index (χ4n) is 4.19. The average Bonchev–Trinajstić information content (AvgIpc) is 3.08. The van der Waals surface area contributed by atoms with Crippen molar-refractivity contribution in [2.75, 3.05) is 11.9 Å². The molecule has 0 saturated heterocycles. The number of allylic oxidation sites excluding steroid dienone is 1. The Balaban J connectivity index is 1.33. The minimum atomic E-state index is -0.370. The van der Waals surface area contributed by atoms with Crippen LogP contribution < -0.4 is 10.6 Å². The Kier molecular flexibility index (Phi) is 6.33. The molecule has 1 atom stereocenters. The van der Waals surface area contributed by atoms with Gasteiger partial charge in [-0.2, -0.15) is 0 Å². The number of fused-ring (bicyclic) bond motifs is 1. The number of nitrogens with one attached hydrogen (secondary N) is 2. The van der Waals surface area contributed by atoms with Crippen molar-refractivity contribution in [2.24, 2.45) is 0 Å². The lowest BCUT2D eigenvalue weighted by molar-refractivity contribution is -0.124. The van der Waals surface area contributed by atoms with Gasteiger partial charge in [-0.3, -0.25) is 14.4 Å². The summed E-state index contributed by atoms with van der Waals surface area (Å²) in [5.41, 5.74) is 5.14. The summed E-state index contributed by atoms with van der Waals surface area (Å²) < 4.78 is 0. The van der Waals surface area contributed by atoms with E-state index in [0.29, 0.717) is 36.5 Å². The SMILES string of the molecule is C=C1CCC(N2Cc3cc(CNC(=O)CNc4ccc(C)c(Cl)c4)ccc3C2=O)C(=O)C1. The van der Waals surface area contributed by atoms with Gasteiger partial charge in [-0.15, -0.1) is 0 Å². The molecule has 2 aromatic rings. The fourth-order valence-corrected chi connectivity index (χ4v) is 4.37. The van der Waals surface area contributed by atoms with Crippen molar-refractivity contribution >= 4 is 34.9 Å². The normalized spacial score (nSPS) is 18.0. The van der Waals surface area contributed by atoms with Gasteiger partial charge in [0.15, 0.2) is 5.78 Å². The lowest BCUT2D eigenvalue weighted by atomic mass is 9.90. The van der Waals surface area contributed by atoms with Gasteiger partial charge in [0.1, 0.15) is 0 Å². The quantitative estimate of drug-likeness (QED) is 0.650. The molecular weight excluding hydrogens is 426 g/mol. The van der Waals surface area contributed by atoms with Crippen molar-refractivity contribution in [1.29, 1.82) is 0 Å². The first-order valence-electron chi connectivity index (χ1n) is 10.7. The number of halogens is 1. The number of Topliss-reactive ketones (excluding diaryl/α,β-unsaturated/α-hetero) is 1. The molecule has 166 valence electrons. The minimum Gasteiger partial charge on any atom is -0.376 e. The molecule has 32 heavy (non-hydrogen) atoms. The van der Waals surface area contributed by atoms with Crippen LogP contribution in [-0.4, -0.2) is 35.1 Å². The van der Waals surface area contributed by atoms with Crippen LogP contribution in [0.3, 0.4) is 0 Å². The predicted molar refractivity (Wildman–Crippen MR) is 125 cm³/mol. The van der Waals surface area contributed by atoms with Crippen molar-refractivity contribution in [3.8, 4) is 0 Å². The molecule has 0 bridgehead atoms. The summed E-state index contributed by atoms with van der Waals surface area (Å²) in [5.74, 6) is -0.174. The number of anilines is 1. The van der Waals surface area contributed by atoms with Crippen LogP contribution in [0.5, 0.6) is 0 Å². The van der Waals surface area contributed by atoms with Gasteiger partial charge in [-0.05, 0) is 54.7 Å². The Morgan fingerprint density at radius 3 is 2.78 bits per heavy atom. The van der Waals surface area contributed by atoms with E-state index in [9.17, 15) is 14.4 Å². The molecule has 1 unspecified atom stereocenters. The molecule has 2 aliphatic rings. The Morgan fingerprint density at radius 2 is 2.03 bits per heavy atom. The van der Waals surface area contributed by atoms with E-state index < -0.39 is 0 Å². The molecule has 2 amide bonds. The van der Waals surface area contributed by atoms with Gasteiger partial charge < -0.3 is 15.5 Å². The Bertz CT molecular complexity index is 1110. The maximum Gasteiger partial charge on any atom is 0.255 e. The monoisotopic (exact) mass is 451 g/mol. The van der Waals surface area contributed by atoms with Crippen LogP contribution in [0, 0.1) is 6.92 Å². The summed E-state index contributed by atoms with van der Waals surface area (Å²) in [6, 6.07) is 10.8. The molecule has 2 N–H and O–H groups in total. The number of aryl methyl sites for hydroxylation is 1. The number of carbonyl (C=O) groups is 3. The van der Waals surface area contributed by atoms with E-state index in [1.54, 1.807) is 17.0 Å². The van der Waals surface area contributed by atoms with Crippen molar-refractivity contribution < 1.29 is 14.4 Å². The van der Waals surface area contributed by atoms with Crippen LogP contribution in [0.1, 0.15) is 46.3 Å². The van der Waals surface area contributed by atoms with Gasteiger partial charge >= 0.3 is 0 Å². The topological polar surface area (TPSA) is 78.5 Å². The molecule has 7 heteroatoms. The summed E-state index contributed by atoms with van der Waals surface area (Å²) in [4.78, 5) is 39.2. The van der Waals surface area contributed by atoms with Crippen LogP contribution >= 0.6 is 11.6 Å². The number of hydrogen-bond acceptors (Lipinski definition) is 4. The molecule has 1 fully saturated rings. The molecule has 0 radical (unpaired) electrons. The Labute approximate surface area is 192 Å². The van der Waals surface area contributed by atoms with E-state index in [1.165, 1.54) is 0 Å². The first-order valence-corrected chi connectivity index (χ1v) is 11.1. The van der Waals surface area contributed by atoms with E-state index in [2.05, 4.69) is 17.2 Å². The molecule has 1 saturated carbocycles. The van der Waals surface area contributed by atoms with Crippen LogP contribution in [-0.2, 0) is 22.7 Å². The summed E-state index contributed by atoms with van der Waals surface area (Å²) in [7, 11) is 0. The zero-order valence-electron chi connectivity index (χ0n) is 18.0. The second-order valence-corrected chi connectivity index (χ2v) is 8.87. The van der Waals surface area contributed by atoms with E-state index in [0.717, 1.165) is 34.4 Å². The summed E-state index contributed by atoms with van der Waals surface area (Å²) >= 11 is 6.11. The van der Waals surface area contributed by atoms with Crippen molar-refractivity contribution in [3.05, 3.63) is 75.8 Å².